The molecule has 1 aliphatic rings. The van der Waals surface area contributed by atoms with Crippen LogP contribution in [0.5, 0.6) is 5.75 Å². The number of methoxy groups -OCH3 is 1. The molecule has 0 bridgehead atoms. The number of aromatic nitrogens is 2. The number of allylic oxidation sites excluding steroid dienone is 4. The van der Waals surface area contributed by atoms with Gasteiger partial charge in [-0.2, -0.15) is 0 Å². The predicted molar refractivity (Wildman–Crippen MR) is 104 cm³/mol. The number of thiol groups is 1. The zero-order chi connectivity index (χ0) is 18.3. The average Bonchev–Trinajstić information content (AvgIpc) is 2.83. The van der Waals surface area contributed by atoms with E-state index in [0.717, 1.165) is 44.4 Å². The van der Waals surface area contributed by atoms with E-state index in [4.69, 9.17) is 4.74 Å². The highest BCUT2D eigenvalue weighted by atomic mass is 32.2. The van der Waals surface area contributed by atoms with Crippen LogP contribution in [0.4, 0.5) is 0 Å². The SMILES string of the molecule is COc1ccc(C2=C=CC([SH](=O)=O)=CC=C2)c2c1[nH]c1ncc(C)cc12. The molecule has 1 aromatic carbocycles. The van der Waals surface area contributed by atoms with Gasteiger partial charge in [0, 0.05) is 22.5 Å². The zero-order valence-electron chi connectivity index (χ0n) is 14.2. The highest BCUT2D eigenvalue weighted by molar-refractivity contribution is 7.77. The van der Waals surface area contributed by atoms with E-state index in [1.54, 1.807) is 19.3 Å². The van der Waals surface area contributed by atoms with E-state index in [2.05, 4.69) is 21.8 Å². The summed E-state index contributed by atoms with van der Waals surface area (Å²) in [7, 11) is -1.02. The number of aryl methyl sites for hydroxylation is 1. The Morgan fingerprint density at radius 2 is 2.12 bits per heavy atom. The molecule has 2 aromatic heterocycles. The van der Waals surface area contributed by atoms with E-state index in [1.165, 1.54) is 6.08 Å². The lowest BCUT2D eigenvalue weighted by molar-refractivity contribution is 0.419. The number of nitrogens with zero attached hydrogens (tertiary/aromatic N) is 1. The first kappa shape index (κ1) is 16.4. The third-order valence-electron chi connectivity index (χ3n) is 4.33. The molecule has 130 valence electrons. The lowest BCUT2D eigenvalue weighted by atomic mass is 9.99. The quantitative estimate of drug-likeness (QED) is 0.550. The molecule has 0 atom stereocenters. The fourth-order valence-electron chi connectivity index (χ4n) is 3.13. The van der Waals surface area contributed by atoms with E-state index in [0.29, 0.717) is 0 Å². The van der Waals surface area contributed by atoms with Gasteiger partial charge in [-0.25, -0.2) is 13.4 Å². The minimum atomic E-state index is -2.65. The number of aromatic amines is 1. The third kappa shape index (κ3) is 2.65. The summed E-state index contributed by atoms with van der Waals surface area (Å²) in [5.41, 5.74) is 7.52. The van der Waals surface area contributed by atoms with Crippen molar-refractivity contribution in [2.24, 2.45) is 0 Å². The van der Waals surface area contributed by atoms with E-state index < -0.39 is 10.7 Å². The number of ether oxygens (including phenoxy) is 1. The molecular weight excluding hydrogens is 348 g/mol. The normalized spacial score (nSPS) is 14.0. The minimum absolute atomic E-state index is 0.229. The fraction of sp³-hybridized carbons (Fsp3) is 0.100. The first-order chi connectivity index (χ1) is 12.6. The van der Waals surface area contributed by atoms with Crippen LogP contribution in [0.3, 0.4) is 0 Å². The average molecular weight is 364 g/mol. The van der Waals surface area contributed by atoms with E-state index in [-0.39, 0.29) is 4.91 Å². The van der Waals surface area contributed by atoms with Crippen molar-refractivity contribution in [2.45, 2.75) is 6.92 Å². The molecular formula is C20H16N2O3S. The van der Waals surface area contributed by atoms with Crippen molar-refractivity contribution in [3.8, 4) is 5.75 Å². The molecule has 2 heterocycles. The van der Waals surface area contributed by atoms with Crippen molar-refractivity contribution in [2.75, 3.05) is 7.11 Å². The first-order valence-electron chi connectivity index (χ1n) is 8.03. The highest BCUT2D eigenvalue weighted by Gasteiger charge is 2.16. The van der Waals surface area contributed by atoms with Gasteiger partial charge in [0.2, 0.25) is 0 Å². The maximum absolute atomic E-state index is 11.2. The van der Waals surface area contributed by atoms with Gasteiger partial charge in [-0.15, -0.1) is 5.73 Å². The molecule has 3 aromatic rings. The number of hydrogen-bond acceptors (Lipinski definition) is 4. The number of H-pyrrole nitrogens is 1. The van der Waals surface area contributed by atoms with Crippen LogP contribution in [0.1, 0.15) is 11.1 Å². The Bertz CT molecular complexity index is 1250. The molecule has 0 saturated heterocycles. The summed E-state index contributed by atoms with van der Waals surface area (Å²) in [5, 5.41) is 1.97. The lowest BCUT2D eigenvalue weighted by Crippen LogP contribution is -1.88. The van der Waals surface area contributed by atoms with Gasteiger partial charge in [0.25, 0.3) is 0 Å². The molecule has 6 heteroatoms. The largest absolute Gasteiger partial charge is 0.495 e. The summed E-state index contributed by atoms with van der Waals surface area (Å²) < 4.78 is 28.0. The minimum Gasteiger partial charge on any atom is -0.495 e. The Morgan fingerprint density at radius 3 is 2.88 bits per heavy atom. The number of fused-ring (bicyclic) bond motifs is 3. The maximum atomic E-state index is 11.2. The molecule has 0 saturated carbocycles. The van der Waals surface area contributed by atoms with Crippen LogP contribution in [0.25, 0.3) is 27.5 Å². The van der Waals surface area contributed by atoms with Crippen LogP contribution in [-0.2, 0) is 10.7 Å². The summed E-state index contributed by atoms with van der Waals surface area (Å²) in [5.74, 6) is 0.725. The second kappa shape index (κ2) is 6.33. The Kier molecular flexibility index (Phi) is 3.99. The Hall–Kier alpha value is -3.08. The van der Waals surface area contributed by atoms with E-state index in [1.807, 2.05) is 31.3 Å². The van der Waals surface area contributed by atoms with Gasteiger partial charge < -0.3 is 9.72 Å². The number of hydrogen-bond donors (Lipinski definition) is 2. The highest BCUT2D eigenvalue weighted by Crippen LogP contribution is 2.37. The molecule has 0 spiro atoms. The number of benzene rings is 1. The molecule has 1 N–H and O–H groups in total. The Balaban J connectivity index is 2.07. The summed E-state index contributed by atoms with van der Waals surface area (Å²) in [6.45, 7) is 2.00. The molecule has 0 fully saturated rings. The van der Waals surface area contributed by atoms with E-state index >= 15 is 0 Å². The van der Waals surface area contributed by atoms with Gasteiger partial charge in [0.1, 0.15) is 11.4 Å². The van der Waals surface area contributed by atoms with Gasteiger partial charge >= 0.3 is 0 Å². The van der Waals surface area contributed by atoms with Gasteiger partial charge in [0.05, 0.1) is 17.5 Å². The van der Waals surface area contributed by atoms with Crippen LogP contribution in [0, 0.1) is 6.92 Å². The Labute approximate surface area is 152 Å². The van der Waals surface area contributed by atoms with Crippen LogP contribution in [0.15, 0.2) is 59.3 Å². The molecule has 5 nitrogen and oxygen atoms in total. The number of nitrogens with one attached hydrogen (secondary N) is 1. The zero-order valence-corrected chi connectivity index (χ0v) is 15.1. The van der Waals surface area contributed by atoms with Crippen molar-refractivity contribution in [1.29, 1.82) is 0 Å². The predicted octanol–water partition coefficient (Wildman–Crippen LogP) is 3.64. The van der Waals surface area contributed by atoms with Gasteiger partial charge in [-0.05, 0) is 54.5 Å². The van der Waals surface area contributed by atoms with Crippen molar-refractivity contribution in [3.05, 3.63) is 70.5 Å². The Morgan fingerprint density at radius 1 is 1.27 bits per heavy atom. The van der Waals surface area contributed by atoms with Gasteiger partial charge in [0.15, 0.2) is 10.7 Å². The van der Waals surface area contributed by atoms with Crippen molar-refractivity contribution in [3.63, 3.8) is 0 Å². The van der Waals surface area contributed by atoms with Crippen molar-refractivity contribution in [1.82, 2.24) is 9.97 Å². The monoisotopic (exact) mass is 364 g/mol. The molecule has 0 amide bonds. The number of rotatable bonds is 3. The standard InChI is InChI=1S/C20H16N2O3S/c1-12-10-16-18-15(13-4-3-5-14(7-6-13)26(23)24)8-9-17(25-2)19(18)22-20(16)21-11-12/h3-5,7-11,26H,1-2H3,(H,21,22). The summed E-state index contributed by atoms with van der Waals surface area (Å²) in [6, 6.07) is 5.92. The maximum Gasteiger partial charge on any atom is 0.168 e. The second-order valence-electron chi connectivity index (χ2n) is 6.01. The van der Waals surface area contributed by atoms with Crippen molar-refractivity contribution >= 4 is 38.2 Å². The van der Waals surface area contributed by atoms with Gasteiger partial charge in [-0.1, -0.05) is 6.08 Å². The summed E-state index contributed by atoms with van der Waals surface area (Å²) >= 11 is 0. The second-order valence-corrected chi connectivity index (χ2v) is 7.04. The van der Waals surface area contributed by atoms with Crippen LogP contribution >= 0.6 is 0 Å². The van der Waals surface area contributed by atoms with Crippen LogP contribution in [-0.4, -0.2) is 25.5 Å². The summed E-state index contributed by atoms with van der Waals surface area (Å²) in [6.07, 6.45) is 8.45. The first-order valence-corrected chi connectivity index (χ1v) is 9.21. The smallest absolute Gasteiger partial charge is 0.168 e. The number of pyridine rings is 1. The molecule has 26 heavy (non-hydrogen) atoms. The molecule has 0 aliphatic heterocycles. The van der Waals surface area contributed by atoms with Crippen molar-refractivity contribution < 1.29 is 13.2 Å². The van der Waals surface area contributed by atoms with E-state index in [9.17, 15) is 8.42 Å². The van der Waals surface area contributed by atoms with Crippen LogP contribution in [0.2, 0.25) is 0 Å². The lowest BCUT2D eigenvalue weighted by Gasteiger charge is -2.07. The van der Waals surface area contributed by atoms with Crippen LogP contribution < -0.4 is 4.74 Å². The molecule has 4 rings (SSSR count). The topological polar surface area (TPSA) is 72.1 Å². The summed E-state index contributed by atoms with van der Waals surface area (Å²) in [4.78, 5) is 8.03. The molecule has 1 aliphatic carbocycles. The fourth-order valence-corrected chi connectivity index (χ4v) is 3.51. The molecule has 0 radical (unpaired) electrons. The van der Waals surface area contributed by atoms with Gasteiger partial charge in [-0.3, -0.25) is 0 Å². The molecule has 0 unspecified atom stereocenters. The third-order valence-corrected chi connectivity index (χ3v) is 5.03.